The van der Waals surface area contributed by atoms with Crippen LogP contribution < -0.4 is 16.2 Å². The van der Waals surface area contributed by atoms with Crippen molar-refractivity contribution >= 4 is 28.6 Å². The molecule has 0 bridgehead atoms. The van der Waals surface area contributed by atoms with Crippen LogP contribution in [0.5, 0.6) is 0 Å². The molecule has 7 heteroatoms. The number of hydrogen-bond donors (Lipinski definition) is 3. The normalized spacial score (nSPS) is 13.5. The Labute approximate surface area is 151 Å². The second-order valence-electron chi connectivity index (χ2n) is 6.31. The van der Waals surface area contributed by atoms with Crippen molar-refractivity contribution in [2.24, 2.45) is 0 Å². The Morgan fingerprint density at radius 3 is 2.35 bits per heavy atom. The average Bonchev–Trinajstić information content (AvgIpc) is 3.19. The van der Waals surface area contributed by atoms with Crippen molar-refractivity contribution in [2.75, 3.05) is 19.6 Å². The first-order valence-corrected chi connectivity index (χ1v) is 8.70. The van der Waals surface area contributed by atoms with Crippen molar-refractivity contribution in [1.29, 1.82) is 0 Å². The Morgan fingerprint density at radius 1 is 0.885 bits per heavy atom. The Morgan fingerprint density at radius 2 is 1.58 bits per heavy atom. The van der Waals surface area contributed by atoms with Crippen LogP contribution in [0.4, 0.5) is 4.79 Å². The molecule has 7 nitrogen and oxygen atoms in total. The zero-order chi connectivity index (χ0) is 18.4. The molecule has 0 atom stereocenters. The van der Waals surface area contributed by atoms with Gasteiger partial charge in [-0.2, -0.15) is 0 Å². The maximum absolute atomic E-state index is 12.0. The van der Waals surface area contributed by atoms with Crippen LogP contribution in [0, 0.1) is 0 Å². The first-order chi connectivity index (χ1) is 12.6. The van der Waals surface area contributed by atoms with Crippen LogP contribution in [0.3, 0.4) is 0 Å². The summed E-state index contributed by atoms with van der Waals surface area (Å²) in [5.41, 5.74) is 5.54. The number of nitrogens with one attached hydrogen (secondary N) is 3. The van der Waals surface area contributed by atoms with E-state index in [0.29, 0.717) is 0 Å². The van der Waals surface area contributed by atoms with Gasteiger partial charge in [0.2, 0.25) is 5.91 Å². The van der Waals surface area contributed by atoms with Crippen LogP contribution in [-0.2, 0) is 16.0 Å². The molecule has 0 unspecified atom stereocenters. The summed E-state index contributed by atoms with van der Waals surface area (Å²) in [7, 11) is 0. The topological polar surface area (TPSA) is 90.5 Å². The predicted octanol–water partition coefficient (Wildman–Crippen LogP) is 1.34. The van der Waals surface area contributed by atoms with Crippen LogP contribution in [0.2, 0.25) is 0 Å². The van der Waals surface area contributed by atoms with Crippen LogP contribution >= 0.6 is 0 Å². The predicted molar refractivity (Wildman–Crippen MR) is 98.1 cm³/mol. The summed E-state index contributed by atoms with van der Waals surface area (Å²) in [5, 5.41) is 4.71. The molecule has 1 saturated heterocycles. The number of fused-ring (bicyclic) bond motifs is 1. The van der Waals surface area contributed by atoms with E-state index in [2.05, 4.69) is 16.2 Å². The molecule has 0 spiro atoms. The van der Waals surface area contributed by atoms with Crippen LogP contribution in [-0.4, -0.2) is 42.4 Å². The van der Waals surface area contributed by atoms with Gasteiger partial charge in [-0.05, 0) is 29.2 Å². The van der Waals surface area contributed by atoms with Crippen molar-refractivity contribution in [1.82, 2.24) is 21.1 Å². The standard InChI is InChI=1S/C19H22N4O3/c24-17(12-14-7-8-15-5-1-2-6-16(15)11-14)21-22-18(25)13-20-19(26)23-9-3-4-10-23/h1-2,5-8,11H,3-4,9-10,12-13H2,(H,20,26)(H,21,24)(H,22,25). The quantitative estimate of drug-likeness (QED) is 0.724. The number of amides is 4. The van der Waals surface area contributed by atoms with Crippen molar-refractivity contribution in [3.8, 4) is 0 Å². The minimum absolute atomic E-state index is 0.158. The van der Waals surface area contributed by atoms with Gasteiger partial charge in [-0.25, -0.2) is 4.79 Å². The smallest absolute Gasteiger partial charge is 0.317 e. The molecule has 0 radical (unpaired) electrons. The lowest BCUT2D eigenvalue weighted by Crippen LogP contribution is -2.48. The highest BCUT2D eigenvalue weighted by molar-refractivity contribution is 5.88. The van der Waals surface area contributed by atoms with Gasteiger partial charge in [0.25, 0.3) is 5.91 Å². The summed E-state index contributed by atoms with van der Waals surface area (Å²) in [6, 6.07) is 13.5. The molecule has 0 aliphatic carbocycles. The van der Waals surface area contributed by atoms with E-state index in [9.17, 15) is 14.4 Å². The number of benzene rings is 2. The summed E-state index contributed by atoms with van der Waals surface area (Å²) in [5.74, 6) is -0.788. The van der Waals surface area contributed by atoms with E-state index in [1.54, 1.807) is 4.90 Å². The molecule has 0 aromatic heterocycles. The van der Waals surface area contributed by atoms with Gasteiger partial charge in [0.15, 0.2) is 0 Å². The molecule has 1 aliphatic rings. The molecule has 3 rings (SSSR count). The molecule has 2 aromatic rings. The summed E-state index contributed by atoms with van der Waals surface area (Å²) in [6.45, 7) is 1.26. The summed E-state index contributed by atoms with van der Waals surface area (Å²) in [4.78, 5) is 37.2. The molecule has 1 fully saturated rings. The average molecular weight is 354 g/mol. The summed E-state index contributed by atoms with van der Waals surface area (Å²) < 4.78 is 0. The van der Waals surface area contributed by atoms with Crippen molar-refractivity contribution in [3.05, 3.63) is 48.0 Å². The number of carbonyl (C=O) groups is 3. The molecule has 1 heterocycles. The van der Waals surface area contributed by atoms with Crippen molar-refractivity contribution < 1.29 is 14.4 Å². The van der Waals surface area contributed by atoms with Gasteiger partial charge in [0.05, 0.1) is 6.42 Å². The van der Waals surface area contributed by atoms with E-state index < -0.39 is 5.91 Å². The first kappa shape index (κ1) is 17.7. The minimum Gasteiger partial charge on any atom is -0.329 e. The third-order valence-corrected chi connectivity index (χ3v) is 4.31. The molecule has 3 N–H and O–H groups in total. The Bertz CT molecular complexity index is 815. The Hall–Kier alpha value is -3.09. The lowest BCUT2D eigenvalue weighted by atomic mass is 10.1. The summed E-state index contributed by atoms with van der Waals surface area (Å²) >= 11 is 0. The van der Waals surface area contributed by atoms with Crippen molar-refractivity contribution in [2.45, 2.75) is 19.3 Å². The Kier molecular flexibility index (Phi) is 5.68. The van der Waals surface area contributed by atoms with E-state index in [1.165, 1.54) is 0 Å². The van der Waals surface area contributed by atoms with Gasteiger partial charge >= 0.3 is 6.03 Å². The fourth-order valence-electron chi connectivity index (χ4n) is 2.95. The lowest BCUT2D eigenvalue weighted by Gasteiger charge is -2.16. The second kappa shape index (κ2) is 8.33. The number of likely N-dealkylation sites (tertiary alicyclic amines) is 1. The van der Waals surface area contributed by atoms with Gasteiger partial charge in [-0.1, -0.05) is 42.5 Å². The number of urea groups is 1. The highest BCUT2D eigenvalue weighted by atomic mass is 16.2. The van der Waals surface area contributed by atoms with E-state index in [-0.39, 0.29) is 24.9 Å². The SMILES string of the molecule is O=C(CNC(=O)N1CCCC1)NNC(=O)Cc1ccc2ccccc2c1. The third kappa shape index (κ3) is 4.72. The van der Waals surface area contributed by atoms with E-state index in [4.69, 9.17) is 0 Å². The number of hydrazine groups is 1. The fourth-order valence-corrected chi connectivity index (χ4v) is 2.95. The molecule has 26 heavy (non-hydrogen) atoms. The molecule has 1 aliphatic heterocycles. The maximum atomic E-state index is 12.0. The fraction of sp³-hybridized carbons (Fsp3) is 0.316. The molecular weight excluding hydrogens is 332 g/mol. The van der Waals surface area contributed by atoms with Crippen molar-refractivity contribution in [3.63, 3.8) is 0 Å². The number of rotatable bonds is 4. The first-order valence-electron chi connectivity index (χ1n) is 8.70. The maximum Gasteiger partial charge on any atom is 0.317 e. The van der Waals surface area contributed by atoms with Gasteiger partial charge in [0.1, 0.15) is 6.54 Å². The molecule has 2 aromatic carbocycles. The van der Waals surface area contributed by atoms with E-state index >= 15 is 0 Å². The van der Waals surface area contributed by atoms with Gasteiger partial charge in [-0.3, -0.25) is 20.4 Å². The van der Waals surface area contributed by atoms with E-state index in [0.717, 1.165) is 42.3 Å². The molecule has 4 amide bonds. The van der Waals surface area contributed by atoms with Crippen LogP contribution in [0.25, 0.3) is 10.8 Å². The Balaban J connectivity index is 1.41. The van der Waals surface area contributed by atoms with Gasteiger partial charge < -0.3 is 10.2 Å². The minimum atomic E-state index is -0.468. The van der Waals surface area contributed by atoms with Gasteiger partial charge in [-0.15, -0.1) is 0 Å². The number of nitrogens with zero attached hydrogens (tertiary/aromatic N) is 1. The van der Waals surface area contributed by atoms with Crippen LogP contribution in [0.15, 0.2) is 42.5 Å². The molecular formula is C19H22N4O3. The number of carbonyl (C=O) groups excluding carboxylic acids is 3. The summed E-state index contributed by atoms with van der Waals surface area (Å²) in [6.07, 6.45) is 2.14. The zero-order valence-corrected chi connectivity index (χ0v) is 14.5. The zero-order valence-electron chi connectivity index (χ0n) is 14.5. The van der Waals surface area contributed by atoms with Crippen LogP contribution in [0.1, 0.15) is 18.4 Å². The van der Waals surface area contributed by atoms with Gasteiger partial charge in [0, 0.05) is 13.1 Å². The molecule has 0 saturated carbocycles. The highest BCUT2D eigenvalue weighted by Crippen LogP contribution is 2.15. The number of hydrogen-bond acceptors (Lipinski definition) is 3. The second-order valence-corrected chi connectivity index (χ2v) is 6.31. The largest absolute Gasteiger partial charge is 0.329 e. The molecule has 136 valence electrons. The van der Waals surface area contributed by atoms with E-state index in [1.807, 2.05) is 42.5 Å². The highest BCUT2D eigenvalue weighted by Gasteiger charge is 2.18. The third-order valence-electron chi connectivity index (χ3n) is 4.31. The monoisotopic (exact) mass is 354 g/mol. The lowest BCUT2D eigenvalue weighted by molar-refractivity contribution is -0.128.